The second-order valence-corrected chi connectivity index (χ2v) is 8.96. The molecule has 1 aliphatic rings. The lowest BCUT2D eigenvalue weighted by atomic mass is 10.1. The number of nitrogens with zero attached hydrogens (tertiary/aromatic N) is 4. The first-order valence-electron chi connectivity index (χ1n) is 10.4. The number of hydrogen-bond donors (Lipinski definition) is 0. The molecule has 0 spiro atoms. The normalized spacial score (nSPS) is 15.0. The molecule has 5 nitrogen and oxygen atoms in total. The molecule has 30 heavy (non-hydrogen) atoms. The lowest BCUT2D eigenvalue weighted by molar-refractivity contribution is 0.242. The highest BCUT2D eigenvalue weighted by atomic mass is 35.5. The summed E-state index contributed by atoms with van der Waals surface area (Å²) in [6.07, 6.45) is 1.27. The highest BCUT2D eigenvalue weighted by molar-refractivity contribution is 7.09. The van der Waals surface area contributed by atoms with Crippen LogP contribution in [0, 0.1) is 0 Å². The van der Waals surface area contributed by atoms with E-state index in [1.807, 2.05) is 38.1 Å². The van der Waals surface area contributed by atoms with E-state index in [0.717, 1.165) is 66.4 Å². The number of halogens is 1. The van der Waals surface area contributed by atoms with Gasteiger partial charge < -0.3 is 9.64 Å². The Bertz CT molecular complexity index is 935. The largest absolute Gasteiger partial charge is 0.491 e. The molecule has 1 aliphatic heterocycles. The van der Waals surface area contributed by atoms with Crippen molar-refractivity contribution in [3.05, 3.63) is 59.1 Å². The van der Waals surface area contributed by atoms with Crippen LogP contribution < -0.4 is 9.64 Å². The predicted octanol–water partition coefficient (Wildman–Crippen LogP) is 5.01. The molecule has 0 radical (unpaired) electrons. The molecule has 1 fully saturated rings. The van der Waals surface area contributed by atoms with Gasteiger partial charge in [-0.3, -0.25) is 4.90 Å². The zero-order chi connectivity index (χ0) is 20.9. The van der Waals surface area contributed by atoms with Crippen LogP contribution in [0.15, 0.2) is 48.5 Å². The van der Waals surface area contributed by atoms with Gasteiger partial charge in [0, 0.05) is 54.8 Å². The zero-order valence-corrected chi connectivity index (χ0v) is 19.0. The average molecular weight is 443 g/mol. The summed E-state index contributed by atoms with van der Waals surface area (Å²) >= 11 is 7.45. The second-order valence-electron chi connectivity index (χ2n) is 7.80. The molecule has 1 aromatic heterocycles. The molecule has 4 rings (SSSR count). The third-order valence-corrected chi connectivity index (χ3v) is 6.20. The minimum absolute atomic E-state index is 0.211. The summed E-state index contributed by atoms with van der Waals surface area (Å²) in [6.45, 7) is 9.23. The van der Waals surface area contributed by atoms with Gasteiger partial charge in [-0.2, -0.15) is 9.36 Å². The summed E-state index contributed by atoms with van der Waals surface area (Å²) in [5.74, 6) is 1.72. The van der Waals surface area contributed by atoms with Gasteiger partial charge in [0.2, 0.25) is 5.13 Å². The quantitative estimate of drug-likeness (QED) is 0.514. The van der Waals surface area contributed by atoms with E-state index in [-0.39, 0.29) is 6.10 Å². The van der Waals surface area contributed by atoms with E-state index in [1.54, 1.807) is 0 Å². The minimum Gasteiger partial charge on any atom is -0.491 e. The first kappa shape index (κ1) is 21.1. The summed E-state index contributed by atoms with van der Waals surface area (Å²) in [5, 5.41) is 1.73. The summed E-state index contributed by atoms with van der Waals surface area (Å²) in [5.41, 5.74) is 2.36. The smallest absolute Gasteiger partial charge is 0.205 e. The van der Waals surface area contributed by atoms with Crippen LogP contribution in [-0.2, 0) is 6.42 Å². The minimum atomic E-state index is 0.211. The Balaban J connectivity index is 1.25. The molecule has 0 bridgehead atoms. The van der Waals surface area contributed by atoms with Crippen LogP contribution in [0.1, 0.15) is 19.4 Å². The van der Waals surface area contributed by atoms with Gasteiger partial charge in [-0.15, -0.1) is 0 Å². The number of aromatic nitrogens is 2. The van der Waals surface area contributed by atoms with E-state index in [0.29, 0.717) is 0 Å². The van der Waals surface area contributed by atoms with Crippen molar-refractivity contribution in [3.8, 4) is 17.1 Å². The monoisotopic (exact) mass is 442 g/mol. The zero-order valence-electron chi connectivity index (χ0n) is 17.4. The fourth-order valence-corrected chi connectivity index (χ4v) is 4.38. The van der Waals surface area contributed by atoms with Crippen LogP contribution >= 0.6 is 23.1 Å². The summed E-state index contributed by atoms with van der Waals surface area (Å²) in [6, 6.07) is 16.2. The predicted molar refractivity (Wildman–Crippen MR) is 125 cm³/mol. The standard InChI is InChI=1S/C23H27ClN4OS/c1-17(2)29-21-9-3-18(4-10-21)11-12-27-13-15-28(16-14-27)23-25-22(26-30-23)19-5-7-20(24)8-6-19/h3-10,17H,11-16H2,1-2H3. The molecule has 0 N–H and O–H groups in total. The van der Waals surface area contributed by atoms with Crippen molar-refractivity contribution in [2.75, 3.05) is 37.6 Å². The second kappa shape index (κ2) is 9.77. The molecule has 158 valence electrons. The van der Waals surface area contributed by atoms with Crippen molar-refractivity contribution in [2.45, 2.75) is 26.4 Å². The molecule has 3 aromatic rings. The van der Waals surface area contributed by atoms with E-state index in [9.17, 15) is 0 Å². The lowest BCUT2D eigenvalue weighted by Gasteiger charge is -2.34. The fourth-order valence-electron chi connectivity index (χ4n) is 3.52. The maximum absolute atomic E-state index is 5.97. The third-order valence-electron chi connectivity index (χ3n) is 5.17. The fraction of sp³-hybridized carbons (Fsp3) is 0.391. The Morgan fingerprint density at radius 2 is 1.70 bits per heavy atom. The van der Waals surface area contributed by atoms with Gasteiger partial charge in [0.15, 0.2) is 5.82 Å². The third kappa shape index (κ3) is 5.50. The summed E-state index contributed by atoms with van der Waals surface area (Å²) < 4.78 is 10.3. The van der Waals surface area contributed by atoms with Crippen molar-refractivity contribution >= 4 is 28.3 Å². The molecule has 2 aromatic carbocycles. The van der Waals surface area contributed by atoms with Gasteiger partial charge in [-0.25, -0.2) is 0 Å². The molecule has 0 aliphatic carbocycles. The van der Waals surface area contributed by atoms with Gasteiger partial charge in [0.25, 0.3) is 0 Å². The Labute approximate surface area is 187 Å². The Morgan fingerprint density at radius 3 is 2.37 bits per heavy atom. The Kier molecular flexibility index (Phi) is 6.87. The Hall–Kier alpha value is -2.15. The van der Waals surface area contributed by atoms with Crippen LogP contribution in [0.25, 0.3) is 11.4 Å². The van der Waals surface area contributed by atoms with Gasteiger partial charge in [-0.1, -0.05) is 23.7 Å². The molecule has 2 heterocycles. The highest BCUT2D eigenvalue weighted by Gasteiger charge is 2.20. The molecule has 0 atom stereocenters. The van der Waals surface area contributed by atoms with Crippen LogP contribution in [-0.4, -0.2) is 53.1 Å². The maximum Gasteiger partial charge on any atom is 0.205 e. The number of benzene rings is 2. The van der Waals surface area contributed by atoms with Gasteiger partial charge in [0.1, 0.15) is 5.75 Å². The first-order chi connectivity index (χ1) is 14.6. The number of anilines is 1. The van der Waals surface area contributed by atoms with Crippen molar-refractivity contribution in [1.29, 1.82) is 0 Å². The van der Waals surface area contributed by atoms with Crippen LogP contribution in [0.2, 0.25) is 5.02 Å². The molecule has 0 saturated carbocycles. The SMILES string of the molecule is CC(C)Oc1ccc(CCN2CCN(c3nc(-c4ccc(Cl)cc4)ns3)CC2)cc1. The number of piperazine rings is 1. The van der Waals surface area contributed by atoms with E-state index >= 15 is 0 Å². The molecular formula is C23H27ClN4OS. The number of hydrogen-bond acceptors (Lipinski definition) is 6. The van der Waals surface area contributed by atoms with Crippen LogP contribution in [0.3, 0.4) is 0 Å². The average Bonchev–Trinajstić information content (AvgIpc) is 3.24. The summed E-state index contributed by atoms with van der Waals surface area (Å²) in [7, 11) is 0. The molecule has 1 saturated heterocycles. The van der Waals surface area contributed by atoms with E-state index in [2.05, 4.69) is 38.4 Å². The highest BCUT2D eigenvalue weighted by Crippen LogP contribution is 2.26. The first-order valence-corrected chi connectivity index (χ1v) is 11.5. The maximum atomic E-state index is 5.97. The van der Waals surface area contributed by atoms with Crippen molar-refractivity contribution in [2.24, 2.45) is 0 Å². The van der Waals surface area contributed by atoms with Crippen LogP contribution in [0.5, 0.6) is 5.75 Å². The number of ether oxygens (including phenoxy) is 1. The van der Waals surface area contributed by atoms with E-state index < -0.39 is 0 Å². The van der Waals surface area contributed by atoms with Crippen molar-refractivity contribution < 1.29 is 4.74 Å². The van der Waals surface area contributed by atoms with Crippen LogP contribution in [0.4, 0.5) is 5.13 Å². The molecule has 0 amide bonds. The van der Waals surface area contributed by atoms with Crippen molar-refractivity contribution in [3.63, 3.8) is 0 Å². The molecule has 0 unspecified atom stereocenters. The molecule has 7 heteroatoms. The van der Waals surface area contributed by atoms with E-state index in [4.69, 9.17) is 21.3 Å². The number of rotatable bonds is 7. The van der Waals surface area contributed by atoms with Gasteiger partial charge in [-0.05, 0) is 62.2 Å². The lowest BCUT2D eigenvalue weighted by Crippen LogP contribution is -2.47. The van der Waals surface area contributed by atoms with Gasteiger partial charge >= 0.3 is 0 Å². The topological polar surface area (TPSA) is 41.5 Å². The molecular weight excluding hydrogens is 416 g/mol. The summed E-state index contributed by atoms with van der Waals surface area (Å²) in [4.78, 5) is 9.60. The van der Waals surface area contributed by atoms with Crippen molar-refractivity contribution in [1.82, 2.24) is 14.3 Å². The Morgan fingerprint density at radius 1 is 1.00 bits per heavy atom. The van der Waals surface area contributed by atoms with Gasteiger partial charge in [0.05, 0.1) is 6.10 Å². The van der Waals surface area contributed by atoms with E-state index in [1.165, 1.54) is 17.1 Å².